The highest BCUT2D eigenvalue weighted by molar-refractivity contribution is 7.99. The van der Waals surface area contributed by atoms with Crippen LogP contribution >= 0.6 is 23.4 Å². The number of halogens is 1. The lowest BCUT2D eigenvalue weighted by Crippen LogP contribution is -2.02. The summed E-state index contributed by atoms with van der Waals surface area (Å²) in [7, 11) is 0. The summed E-state index contributed by atoms with van der Waals surface area (Å²) in [5, 5.41) is 10.5. The maximum atomic E-state index is 6.31. The van der Waals surface area contributed by atoms with E-state index in [-0.39, 0.29) is 5.25 Å². The van der Waals surface area contributed by atoms with Crippen molar-refractivity contribution >= 4 is 23.4 Å². The van der Waals surface area contributed by atoms with Gasteiger partial charge in [-0.1, -0.05) is 47.6 Å². The second-order valence-corrected chi connectivity index (χ2v) is 6.94. The van der Waals surface area contributed by atoms with E-state index in [9.17, 15) is 0 Å². The van der Waals surface area contributed by atoms with Crippen molar-refractivity contribution in [2.75, 3.05) is 0 Å². The Hall–Kier alpha value is -2.11. The van der Waals surface area contributed by atoms with Gasteiger partial charge in [-0.3, -0.25) is 9.55 Å². The number of hydrogen-bond donors (Lipinski definition) is 0. The standard InChI is InChI=1S/C18H17ClN4S/c1-3-11-23-17(14-7-6-10-20-12-14)21-22-18(23)24-13(2)15-8-4-5-9-16(15)19/h3-10,12-13H,1,11H2,2H3/t13-/m1/s1. The molecule has 0 unspecified atom stereocenters. The summed E-state index contributed by atoms with van der Waals surface area (Å²) in [6.45, 7) is 6.59. The molecule has 2 heterocycles. The lowest BCUT2D eigenvalue weighted by atomic mass is 10.2. The van der Waals surface area contributed by atoms with Crippen LogP contribution in [0.3, 0.4) is 0 Å². The molecule has 4 nitrogen and oxygen atoms in total. The third-order valence-electron chi connectivity index (χ3n) is 3.57. The lowest BCUT2D eigenvalue weighted by molar-refractivity contribution is 0.728. The third-order valence-corrected chi connectivity index (χ3v) is 5.04. The van der Waals surface area contributed by atoms with Gasteiger partial charge in [0.1, 0.15) is 0 Å². The number of benzene rings is 1. The minimum Gasteiger partial charge on any atom is -0.298 e. The molecule has 0 aliphatic rings. The van der Waals surface area contributed by atoms with Crippen molar-refractivity contribution in [2.24, 2.45) is 0 Å². The first-order chi connectivity index (χ1) is 11.7. The van der Waals surface area contributed by atoms with E-state index in [0.29, 0.717) is 6.54 Å². The smallest absolute Gasteiger partial charge is 0.192 e. The van der Waals surface area contributed by atoms with Crippen LogP contribution in [0.15, 0.2) is 66.6 Å². The SMILES string of the molecule is C=CCn1c(S[C@H](C)c2ccccc2Cl)nnc1-c1cccnc1. The van der Waals surface area contributed by atoms with Crippen LogP contribution in [0.5, 0.6) is 0 Å². The number of hydrogen-bond acceptors (Lipinski definition) is 4. The molecule has 0 saturated carbocycles. The summed E-state index contributed by atoms with van der Waals surface area (Å²) in [6.07, 6.45) is 5.37. The van der Waals surface area contributed by atoms with Gasteiger partial charge in [-0.2, -0.15) is 0 Å². The summed E-state index contributed by atoms with van der Waals surface area (Å²) in [5.74, 6) is 0.789. The highest BCUT2D eigenvalue weighted by Crippen LogP contribution is 2.38. The van der Waals surface area contributed by atoms with Gasteiger partial charge in [0.05, 0.1) is 0 Å². The minimum atomic E-state index is 0.160. The highest BCUT2D eigenvalue weighted by Gasteiger charge is 2.18. The van der Waals surface area contributed by atoms with E-state index in [1.54, 1.807) is 24.2 Å². The molecule has 0 N–H and O–H groups in total. The number of pyridine rings is 1. The summed E-state index contributed by atoms with van der Waals surface area (Å²) in [5.41, 5.74) is 2.02. The fraction of sp³-hybridized carbons (Fsp3) is 0.167. The molecular formula is C18H17ClN4S. The Morgan fingerprint density at radius 2 is 2.08 bits per heavy atom. The Bertz CT molecular complexity index is 832. The van der Waals surface area contributed by atoms with Crippen molar-refractivity contribution in [3.05, 3.63) is 72.0 Å². The molecule has 0 radical (unpaired) electrons. The summed E-state index contributed by atoms with van der Waals surface area (Å²) in [6, 6.07) is 11.7. The molecule has 3 rings (SSSR count). The molecule has 24 heavy (non-hydrogen) atoms. The van der Waals surface area contributed by atoms with Crippen molar-refractivity contribution in [1.82, 2.24) is 19.7 Å². The maximum Gasteiger partial charge on any atom is 0.192 e. The van der Waals surface area contributed by atoms with E-state index in [4.69, 9.17) is 11.6 Å². The minimum absolute atomic E-state index is 0.160. The molecule has 0 amide bonds. The van der Waals surface area contributed by atoms with Crippen LogP contribution in [0, 0.1) is 0 Å². The highest BCUT2D eigenvalue weighted by atomic mass is 35.5. The molecule has 1 aromatic carbocycles. The zero-order valence-corrected chi connectivity index (χ0v) is 14.8. The van der Waals surface area contributed by atoms with Crippen molar-refractivity contribution in [3.8, 4) is 11.4 Å². The molecule has 0 saturated heterocycles. The first kappa shape index (κ1) is 16.7. The Kier molecular flexibility index (Phi) is 5.33. The van der Waals surface area contributed by atoms with E-state index >= 15 is 0 Å². The van der Waals surface area contributed by atoms with Gasteiger partial charge in [0.25, 0.3) is 0 Å². The second-order valence-electron chi connectivity index (χ2n) is 5.23. The molecule has 3 aromatic rings. The van der Waals surface area contributed by atoms with Crippen molar-refractivity contribution in [3.63, 3.8) is 0 Å². The molecular weight excluding hydrogens is 340 g/mol. The molecule has 2 aromatic heterocycles. The van der Waals surface area contributed by atoms with Crippen molar-refractivity contribution in [1.29, 1.82) is 0 Å². The van der Waals surface area contributed by atoms with Gasteiger partial charge in [0.15, 0.2) is 11.0 Å². The Balaban J connectivity index is 1.92. The van der Waals surface area contributed by atoms with Crippen molar-refractivity contribution in [2.45, 2.75) is 23.9 Å². The molecule has 0 spiro atoms. The van der Waals surface area contributed by atoms with Crippen LogP contribution in [0.25, 0.3) is 11.4 Å². The summed E-state index contributed by atoms with van der Waals surface area (Å²) in [4.78, 5) is 4.16. The lowest BCUT2D eigenvalue weighted by Gasteiger charge is -2.14. The Morgan fingerprint density at radius 3 is 2.79 bits per heavy atom. The molecule has 0 bridgehead atoms. The fourth-order valence-corrected chi connectivity index (χ4v) is 3.79. The normalized spacial score (nSPS) is 12.1. The molecule has 122 valence electrons. The number of allylic oxidation sites excluding steroid dienone is 1. The van der Waals surface area contributed by atoms with Gasteiger partial charge >= 0.3 is 0 Å². The van der Waals surface area contributed by atoms with E-state index in [1.807, 2.05) is 47.0 Å². The molecule has 0 fully saturated rings. The van der Waals surface area contributed by atoms with E-state index in [1.165, 1.54) is 0 Å². The first-order valence-corrected chi connectivity index (χ1v) is 8.82. The van der Waals surface area contributed by atoms with E-state index in [2.05, 4.69) is 28.7 Å². The van der Waals surface area contributed by atoms with Gasteiger partial charge in [-0.25, -0.2) is 0 Å². The Labute approximate surface area is 150 Å². The van der Waals surface area contributed by atoms with Gasteiger partial charge in [-0.15, -0.1) is 16.8 Å². The van der Waals surface area contributed by atoms with Crippen LogP contribution in [-0.4, -0.2) is 19.7 Å². The number of rotatable bonds is 6. The second kappa shape index (κ2) is 7.64. The van der Waals surface area contributed by atoms with Crippen LogP contribution in [0.4, 0.5) is 0 Å². The zero-order valence-electron chi connectivity index (χ0n) is 13.3. The molecule has 1 atom stereocenters. The van der Waals surface area contributed by atoms with E-state index in [0.717, 1.165) is 27.1 Å². The summed E-state index contributed by atoms with van der Waals surface area (Å²) >= 11 is 7.94. The number of aromatic nitrogens is 4. The van der Waals surface area contributed by atoms with Crippen LogP contribution in [0.2, 0.25) is 5.02 Å². The average Bonchev–Trinajstić information content (AvgIpc) is 2.99. The topological polar surface area (TPSA) is 43.6 Å². The fourth-order valence-electron chi connectivity index (χ4n) is 2.40. The van der Waals surface area contributed by atoms with Crippen LogP contribution in [0.1, 0.15) is 17.7 Å². The van der Waals surface area contributed by atoms with E-state index < -0.39 is 0 Å². The molecule has 0 aliphatic carbocycles. The predicted molar refractivity (Wildman–Crippen MR) is 99.2 cm³/mol. The zero-order chi connectivity index (χ0) is 16.9. The molecule has 0 aliphatic heterocycles. The Morgan fingerprint density at radius 1 is 1.25 bits per heavy atom. The van der Waals surface area contributed by atoms with Crippen LogP contribution < -0.4 is 0 Å². The third kappa shape index (κ3) is 3.52. The monoisotopic (exact) mass is 356 g/mol. The number of thioether (sulfide) groups is 1. The quantitative estimate of drug-likeness (QED) is 0.458. The largest absolute Gasteiger partial charge is 0.298 e. The first-order valence-electron chi connectivity index (χ1n) is 7.56. The van der Waals surface area contributed by atoms with Gasteiger partial charge in [0, 0.05) is 34.8 Å². The van der Waals surface area contributed by atoms with Gasteiger partial charge < -0.3 is 0 Å². The number of nitrogens with zero attached hydrogens (tertiary/aromatic N) is 4. The summed E-state index contributed by atoms with van der Waals surface area (Å²) < 4.78 is 2.04. The molecule has 6 heteroatoms. The van der Waals surface area contributed by atoms with Crippen LogP contribution in [-0.2, 0) is 6.54 Å². The van der Waals surface area contributed by atoms with Crippen molar-refractivity contribution < 1.29 is 0 Å². The average molecular weight is 357 g/mol. The predicted octanol–water partition coefficient (Wildman–Crippen LogP) is 5.03. The van der Waals surface area contributed by atoms with Gasteiger partial charge in [0.2, 0.25) is 0 Å². The van der Waals surface area contributed by atoms with Gasteiger partial charge in [-0.05, 0) is 30.7 Å². The maximum absolute atomic E-state index is 6.31.